The molecule has 2 N–H and O–H groups in total. The van der Waals surface area contributed by atoms with Gasteiger partial charge in [-0.25, -0.2) is 9.48 Å². The lowest BCUT2D eigenvalue weighted by molar-refractivity contribution is -0.122. The smallest absolute Gasteiger partial charge is 0.358 e. The number of rotatable bonds is 6. The van der Waals surface area contributed by atoms with Gasteiger partial charge in [0.25, 0.3) is 0 Å². The first-order valence-corrected chi connectivity index (χ1v) is 6.57. The van der Waals surface area contributed by atoms with Crippen molar-refractivity contribution in [3.8, 4) is 5.75 Å². The van der Waals surface area contributed by atoms with Crippen LogP contribution in [0.5, 0.6) is 5.75 Å². The van der Waals surface area contributed by atoms with E-state index in [4.69, 9.17) is 9.84 Å². The van der Waals surface area contributed by atoms with Crippen molar-refractivity contribution in [2.24, 2.45) is 0 Å². The Bertz CT molecular complexity index is 683. The summed E-state index contributed by atoms with van der Waals surface area (Å²) in [5.41, 5.74) is 0.647. The Kier molecular flexibility index (Phi) is 4.72. The van der Waals surface area contributed by atoms with Crippen LogP contribution >= 0.6 is 0 Å². The molecule has 0 aliphatic heterocycles. The standard InChI is InChI=1S/C14H16N4O4/c1-9(10-5-3-4-6-12(10)22-2)15-13(19)8-18-7-11(14(20)21)16-17-18/h3-7,9H,8H2,1-2H3,(H,15,19)(H,20,21). The first kappa shape index (κ1) is 15.5. The Morgan fingerprint density at radius 1 is 1.41 bits per heavy atom. The van der Waals surface area contributed by atoms with Crippen LogP contribution in [-0.2, 0) is 11.3 Å². The van der Waals surface area contributed by atoms with Crippen molar-refractivity contribution in [3.63, 3.8) is 0 Å². The largest absolute Gasteiger partial charge is 0.496 e. The third kappa shape index (κ3) is 3.60. The van der Waals surface area contributed by atoms with Crippen LogP contribution in [0.3, 0.4) is 0 Å². The van der Waals surface area contributed by atoms with Gasteiger partial charge < -0.3 is 15.2 Å². The number of nitrogens with one attached hydrogen (secondary N) is 1. The van der Waals surface area contributed by atoms with E-state index in [1.54, 1.807) is 7.11 Å². The molecule has 0 fully saturated rings. The number of aromatic carboxylic acids is 1. The average Bonchev–Trinajstić information content (AvgIpc) is 2.95. The van der Waals surface area contributed by atoms with Gasteiger partial charge in [-0.2, -0.15) is 0 Å². The van der Waals surface area contributed by atoms with Crippen LogP contribution in [0.25, 0.3) is 0 Å². The SMILES string of the molecule is COc1ccccc1C(C)NC(=O)Cn1cc(C(=O)O)nn1. The second-order valence-electron chi connectivity index (χ2n) is 4.64. The number of methoxy groups -OCH3 is 1. The monoisotopic (exact) mass is 304 g/mol. The van der Waals surface area contributed by atoms with Crippen LogP contribution in [0.2, 0.25) is 0 Å². The number of carboxylic acids is 1. The lowest BCUT2D eigenvalue weighted by atomic mass is 10.1. The molecule has 0 aliphatic rings. The summed E-state index contributed by atoms with van der Waals surface area (Å²) in [4.78, 5) is 22.7. The van der Waals surface area contributed by atoms with Crippen molar-refractivity contribution in [1.29, 1.82) is 0 Å². The molecule has 8 heteroatoms. The van der Waals surface area contributed by atoms with Crippen LogP contribution in [0.4, 0.5) is 0 Å². The number of carboxylic acid groups (broad SMARTS) is 1. The number of ether oxygens (including phenoxy) is 1. The molecule has 2 rings (SSSR count). The first-order chi connectivity index (χ1) is 10.5. The van der Waals surface area contributed by atoms with Gasteiger partial charge in [0.05, 0.1) is 19.3 Å². The van der Waals surface area contributed by atoms with E-state index in [-0.39, 0.29) is 24.2 Å². The van der Waals surface area contributed by atoms with Gasteiger partial charge in [0, 0.05) is 5.56 Å². The number of carbonyl (C=O) groups excluding carboxylic acids is 1. The van der Waals surface area contributed by atoms with Gasteiger partial charge in [0.2, 0.25) is 5.91 Å². The number of carbonyl (C=O) groups is 2. The molecule has 0 spiro atoms. The van der Waals surface area contributed by atoms with Crippen molar-refractivity contribution >= 4 is 11.9 Å². The van der Waals surface area contributed by atoms with E-state index in [2.05, 4.69) is 15.6 Å². The molecule has 116 valence electrons. The summed E-state index contributed by atoms with van der Waals surface area (Å²) in [5, 5.41) is 18.6. The van der Waals surface area contributed by atoms with E-state index in [0.29, 0.717) is 5.75 Å². The van der Waals surface area contributed by atoms with E-state index in [0.717, 1.165) is 5.56 Å². The predicted octanol–water partition coefficient (Wildman–Crippen LogP) is 0.862. The fourth-order valence-corrected chi connectivity index (χ4v) is 2.01. The highest BCUT2D eigenvalue weighted by Gasteiger charge is 2.15. The minimum absolute atomic E-state index is 0.111. The fourth-order valence-electron chi connectivity index (χ4n) is 2.01. The van der Waals surface area contributed by atoms with Gasteiger partial charge in [-0.3, -0.25) is 4.79 Å². The van der Waals surface area contributed by atoms with E-state index in [1.807, 2.05) is 31.2 Å². The van der Waals surface area contributed by atoms with Crippen LogP contribution in [0, 0.1) is 0 Å². The Labute approximate surface area is 126 Å². The molecule has 1 amide bonds. The molecule has 0 aliphatic carbocycles. The number of aromatic nitrogens is 3. The molecule has 22 heavy (non-hydrogen) atoms. The maximum absolute atomic E-state index is 12.0. The minimum atomic E-state index is -1.19. The van der Waals surface area contributed by atoms with Crippen molar-refractivity contribution in [3.05, 3.63) is 41.7 Å². The maximum Gasteiger partial charge on any atom is 0.358 e. The number of amides is 1. The summed E-state index contributed by atoms with van der Waals surface area (Å²) in [6, 6.07) is 7.12. The Hall–Kier alpha value is -2.90. The van der Waals surface area contributed by atoms with E-state index >= 15 is 0 Å². The van der Waals surface area contributed by atoms with E-state index < -0.39 is 5.97 Å². The lowest BCUT2D eigenvalue weighted by Gasteiger charge is -2.17. The quantitative estimate of drug-likeness (QED) is 0.820. The number of benzene rings is 1. The Morgan fingerprint density at radius 3 is 2.77 bits per heavy atom. The summed E-state index contributed by atoms with van der Waals surface area (Å²) in [6.07, 6.45) is 1.20. The number of para-hydroxylation sites is 1. The van der Waals surface area contributed by atoms with Crippen LogP contribution in [0.15, 0.2) is 30.5 Å². The molecule has 1 atom stereocenters. The zero-order valence-corrected chi connectivity index (χ0v) is 12.2. The summed E-state index contributed by atoms with van der Waals surface area (Å²) < 4.78 is 6.43. The molecule has 0 saturated heterocycles. The second-order valence-corrected chi connectivity index (χ2v) is 4.64. The zero-order valence-electron chi connectivity index (χ0n) is 12.2. The molecular formula is C14H16N4O4. The first-order valence-electron chi connectivity index (χ1n) is 6.57. The fraction of sp³-hybridized carbons (Fsp3) is 0.286. The summed E-state index contributed by atoms with van der Waals surface area (Å²) in [6.45, 7) is 1.72. The van der Waals surface area contributed by atoms with Crippen molar-refractivity contribution < 1.29 is 19.4 Å². The molecule has 1 heterocycles. The maximum atomic E-state index is 12.0. The highest BCUT2D eigenvalue weighted by atomic mass is 16.5. The van der Waals surface area contributed by atoms with Gasteiger partial charge in [0.15, 0.2) is 5.69 Å². The Balaban J connectivity index is 2.00. The van der Waals surface area contributed by atoms with Crippen LogP contribution in [0.1, 0.15) is 29.0 Å². The molecule has 0 radical (unpaired) electrons. The molecule has 8 nitrogen and oxygen atoms in total. The predicted molar refractivity (Wildman–Crippen MR) is 76.5 cm³/mol. The topological polar surface area (TPSA) is 106 Å². The van der Waals surface area contributed by atoms with Crippen LogP contribution in [-0.4, -0.2) is 39.1 Å². The molecule has 1 aromatic heterocycles. The van der Waals surface area contributed by atoms with Gasteiger partial charge in [-0.1, -0.05) is 23.4 Å². The molecule has 1 unspecified atom stereocenters. The van der Waals surface area contributed by atoms with E-state index in [1.165, 1.54) is 10.9 Å². The zero-order chi connectivity index (χ0) is 16.1. The summed E-state index contributed by atoms with van der Waals surface area (Å²) in [5.74, 6) is -0.807. The van der Waals surface area contributed by atoms with Crippen molar-refractivity contribution in [2.45, 2.75) is 19.5 Å². The van der Waals surface area contributed by atoms with E-state index in [9.17, 15) is 9.59 Å². The third-order valence-corrected chi connectivity index (χ3v) is 3.05. The van der Waals surface area contributed by atoms with Gasteiger partial charge >= 0.3 is 5.97 Å². The molecule has 2 aromatic rings. The minimum Gasteiger partial charge on any atom is -0.496 e. The van der Waals surface area contributed by atoms with Gasteiger partial charge in [0.1, 0.15) is 12.3 Å². The number of hydrogen-bond acceptors (Lipinski definition) is 5. The highest BCUT2D eigenvalue weighted by Crippen LogP contribution is 2.24. The summed E-state index contributed by atoms with van der Waals surface area (Å²) >= 11 is 0. The average molecular weight is 304 g/mol. The number of hydrogen-bond donors (Lipinski definition) is 2. The van der Waals surface area contributed by atoms with Crippen molar-refractivity contribution in [1.82, 2.24) is 20.3 Å². The summed E-state index contributed by atoms with van der Waals surface area (Å²) in [7, 11) is 1.57. The Morgan fingerprint density at radius 2 is 2.14 bits per heavy atom. The molecular weight excluding hydrogens is 288 g/mol. The highest BCUT2D eigenvalue weighted by molar-refractivity contribution is 5.84. The number of nitrogens with zero attached hydrogens (tertiary/aromatic N) is 3. The second kappa shape index (κ2) is 6.70. The van der Waals surface area contributed by atoms with Crippen LogP contribution < -0.4 is 10.1 Å². The normalized spacial score (nSPS) is 11.7. The molecule has 0 bridgehead atoms. The molecule has 0 saturated carbocycles. The third-order valence-electron chi connectivity index (χ3n) is 3.05. The van der Waals surface area contributed by atoms with Crippen molar-refractivity contribution in [2.75, 3.05) is 7.11 Å². The lowest BCUT2D eigenvalue weighted by Crippen LogP contribution is -2.30. The van der Waals surface area contributed by atoms with Gasteiger partial charge in [-0.15, -0.1) is 5.10 Å². The van der Waals surface area contributed by atoms with Gasteiger partial charge in [-0.05, 0) is 13.0 Å². The molecule has 1 aromatic carbocycles.